The number of carbonyl (C=O) groups excluding carboxylic acids is 1. The zero-order valence-electron chi connectivity index (χ0n) is 14.5. The van der Waals surface area contributed by atoms with Crippen molar-refractivity contribution in [3.63, 3.8) is 0 Å². The van der Waals surface area contributed by atoms with E-state index in [1.807, 2.05) is 67.5 Å². The van der Waals surface area contributed by atoms with Gasteiger partial charge in [-0.25, -0.2) is 0 Å². The molecule has 4 nitrogen and oxygen atoms in total. The first-order chi connectivity index (χ1) is 11.1. The number of hydrogen-bond acceptors (Lipinski definition) is 3. The van der Waals surface area contributed by atoms with Crippen LogP contribution in [0.4, 0.5) is 5.69 Å². The molecule has 0 radical (unpaired) electrons. The van der Waals surface area contributed by atoms with Crippen LogP contribution < -0.4 is 5.73 Å². The van der Waals surface area contributed by atoms with Crippen molar-refractivity contribution in [1.82, 2.24) is 9.80 Å². The smallest absolute Gasteiger partial charge is 0.255 e. The number of para-hydroxylation sites is 1. The number of carbonyl (C=O) groups is 1. The second-order valence-electron chi connectivity index (χ2n) is 6.27. The largest absolute Gasteiger partial charge is 0.398 e. The van der Waals surface area contributed by atoms with Crippen LogP contribution >= 0.6 is 24.8 Å². The van der Waals surface area contributed by atoms with Gasteiger partial charge in [0.2, 0.25) is 0 Å². The van der Waals surface area contributed by atoms with Gasteiger partial charge in [-0.1, -0.05) is 36.4 Å². The maximum atomic E-state index is 12.8. The van der Waals surface area contributed by atoms with E-state index in [-0.39, 0.29) is 36.8 Å². The molecule has 1 atom stereocenters. The number of anilines is 1. The summed E-state index contributed by atoms with van der Waals surface area (Å²) in [7, 11) is 4.10. The van der Waals surface area contributed by atoms with Crippen LogP contribution in [0.1, 0.15) is 33.9 Å². The van der Waals surface area contributed by atoms with Gasteiger partial charge in [0.25, 0.3) is 5.91 Å². The Morgan fingerprint density at radius 3 is 2.24 bits per heavy atom. The highest BCUT2D eigenvalue weighted by Crippen LogP contribution is 2.40. The van der Waals surface area contributed by atoms with E-state index < -0.39 is 0 Å². The van der Waals surface area contributed by atoms with Crippen molar-refractivity contribution in [3.05, 3.63) is 65.2 Å². The molecule has 25 heavy (non-hydrogen) atoms. The highest BCUT2D eigenvalue weighted by atomic mass is 35.5. The van der Waals surface area contributed by atoms with Crippen LogP contribution in [-0.4, -0.2) is 42.9 Å². The third-order valence-electron chi connectivity index (χ3n) is 4.35. The first kappa shape index (κ1) is 21.3. The molecule has 0 spiro atoms. The van der Waals surface area contributed by atoms with Gasteiger partial charge in [-0.15, -0.1) is 24.8 Å². The van der Waals surface area contributed by atoms with Crippen LogP contribution in [0.5, 0.6) is 0 Å². The molecule has 0 fully saturated rings. The van der Waals surface area contributed by atoms with Crippen LogP contribution in [0, 0.1) is 0 Å². The van der Waals surface area contributed by atoms with Gasteiger partial charge >= 0.3 is 0 Å². The van der Waals surface area contributed by atoms with E-state index >= 15 is 0 Å². The molecule has 0 saturated carbocycles. The van der Waals surface area contributed by atoms with Crippen molar-refractivity contribution < 1.29 is 4.79 Å². The zero-order valence-corrected chi connectivity index (χ0v) is 16.1. The minimum atomic E-state index is -0.0814. The maximum absolute atomic E-state index is 12.8. The molecule has 1 aliphatic rings. The first-order valence-electron chi connectivity index (χ1n) is 7.98. The molecule has 1 unspecified atom stereocenters. The van der Waals surface area contributed by atoms with E-state index in [1.54, 1.807) is 0 Å². The van der Waals surface area contributed by atoms with Gasteiger partial charge in [-0.2, -0.15) is 0 Å². The lowest BCUT2D eigenvalue weighted by atomic mass is 9.96. The van der Waals surface area contributed by atoms with E-state index in [0.717, 1.165) is 41.9 Å². The van der Waals surface area contributed by atoms with Crippen molar-refractivity contribution in [2.45, 2.75) is 12.5 Å². The fourth-order valence-electron chi connectivity index (χ4n) is 3.25. The lowest BCUT2D eigenvalue weighted by Crippen LogP contribution is -2.31. The Hall–Kier alpha value is -1.75. The Morgan fingerprint density at radius 1 is 1.00 bits per heavy atom. The molecule has 0 bridgehead atoms. The average molecular weight is 382 g/mol. The summed E-state index contributed by atoms with van der Waals surface area (Å²) in [4.78, 5) is 16.9. The highest BCUT2D eigenvalue weighted by Gasteiger charge is 2.37. The predicted octanol–water partition coefficient (Wildman–Crippen LogP) is 3.61. The molecule has 1 heterocycles. The lowest BCUT2D eigenvalue weighted by Gasteiger charge is -2.27. The Labute approximate surface area is 161 Å². The Kier molecular flexibility index (Phi) is 7.74. The second kappa shape index (κ2) is 9.09. The summed E-state index contributed by atoms with van der Waals surface area (Å²) in [5.74, 6) is 0.104. The molecule has 1 aliphatic heterocycles. The first-order valence-corrected chi connectivity index (χ1v) is 7.98. The monoisotopic (exact) mass is 381 g/mol. The van der Waals surface area contributed by atoms with Crippen molar-refractivity contribution in [1.29, 1.82) is 0 Å². The van der Waals surface area contributed by atoms with Gasteiger partial charge in [0.1, 0.15) is 0 Å². The number of nitrogens with two attached hydrogens (primary N) is 1. The molecule has 2 N–H and O–H groups in total. The van der Waals surface area contributed by atoms with Crippen LogP contribution in [0.25, 0.3) is 0 Å². The van der Waals surface area contributed by atoms with Gasteiger partial charge in [-0.3, -0.25) is 4.79 Å². The molecule has 136 valence electrons. The molecule has 0 saturated heterocycles. The fourth-order valence-corrected chi connectivity index (χ4v) is 3.25. The van der Waals surface area contributed by atoms with Crippen molar-refractivity contribution >= 4 is 36.4 Å². The molecule has 6 heteroatoms. The quantitative estimate of drug-likeness (QED) is 0.804. The summed E-state index contributed by atoms with van der Waals surface area (Å²) in [6.07, 6.45) is 0.940. The van der Waals surface area contributed by atoms with Crippen LogP contribution in [0.3, 0.4) is 0 Å². The van der Waals surface area contributed by atoms with E-state index in [2.05, 4.69) is 4.90 Å². The number of hydrogen-bond donors (Lipinski definition) is 1. The summed E-state index contributed by atoms with van der Waals surface area (Å²) in [6, 6.07) is 15.6. The molecule has 2 aromatic carbocycles. The third-order valence-corrected chi connectivity index (χ3v) is 4.35. The van der Waals surface area contributed by atoms with Crippen LogP contribution in [-0.2, 0) is 0 Å². The molecule has 0 aromatic heterocycles. The summed E-state index contributed by atoms with van der Waals surface area (Å²) in [6.45, 7) is 1.68. The summed E-state index contributed by atoms with van der Waals surface area (Å²) < 4.78 is 0. The minimum absolute atomic E-state index is 0. The van der Waals surface area contributed by atoms with Gasteiger partial charge in [0.15, 0.2) is 0 Å². The van der Waals surface area contributed by atoms with Crippen LogP contribution in [0.2, 0.25) is 0 Å². The predicted molar refractivity (Wildman–Crippen MR) is 108 cm³/mol. The fraction of sp³-hybridized carbons (Fsp3) is 0.316. The number of benzene rings is 2. The Balaban J connectivity index is 0.00000156. The second-order valence-corrected chi connectivity index (χ2v) is 6.27. The standard InChI is InChI=1S/C19H23N3O.2ClH/c1-21(2)12-7-13-22-18(16-10-5-6-11-17(16)20)14-8-3-4-9-15(14)19(22)23;;/h3-6,8-11,18H,7,12-13,20H2,1-2H3;2*1H. The van der Waals surface area contributed by atoms with E-state index in [9.17, 15) is 4.79 Å². The lowest BCUT2D eigenvalue weighted by molar-refractivity contribution is 0.0744. The summed E-state index contributed by atoms with van der Waals surface area (Å²) in [5.41, 5.74) is 9.79. The normalized spacial score (nSPS) is 15.6. The molecule has 3 rings (SSSR count). The maximum Gasteiger partial charge on any atom is 0.255 e. The van der Waals surface area contributed by atoms with Crippen LogP contribution in [0.15, 0.2) is 48.5 Å². The van der Waals surface area contributed by atoms with Gasteiger partial charge in [0.05, 0.1) is 6.04 Å². The van der Waals surface area contributed by atoms with E-state index in [4.69, 9.17) is 5.73 Å². The Morgan fingerprint density at radius 2 is 1.60 bits per heavy atom. The van der Waals surface area contributed by atoms with Crippen molar-refractivity contribution in [3.8, 4) is 0 Å². The SMILES string of the molecule is CN(C)CCCN1C(=O)c2ccccc2C1c1ccccc1N.Cl.Cl. The third kappa shape index (κ3) is 4.27. The Bertz CT molecular complexity index is 721. The molecular formula is C19H25Cl2N3O. The van der Waals surface area contributed by atoms with Crippen molar-refractivity contribution in [2.24, 2.45) is 0 Å². The highest BCUT2D eigenvalue weighted by molar-refractivity contribution is 6.00. The molecule has 2 aromatic rings. The number of nitrogens with zero attached hydrogens (tertiary/aromatic N) is 2. The molecule has 1 amide bonds. The number of nitrogen functional groups attached to an aromatic ring is 1. The average Bonchev–Trinajstić information content (AvgIpc) is 2.81. The zero-order chi connectivity index (χ0) is 16.4. The van der Waals surface area contributed by atoms with E-state index in [0.29, 0.717) is 0 Å². The number of rotatable bonds is 5. The molecular weight excluding hydrogens is 357 g/mol. The van der Waals surface area contributed by atoms with Gasteiger partial charge < -0.3 is 15.5 Å². The van der Waals surface area contributed by atoms with Gasteiger partial charge in [-0.05, 0) is 44.8 Å². The number of fused-ring (bicyclic) bond motifs is 1. The molecule has 0 aliphatic carbocycles. The topological polar surface area (TPSA) is 49.6 Å². The number of halogens is 2. The summed E-state index contributed by atoms with van der Waals surface area (Å²) >= 11 is 0. The van der Waals surface area contributed by atoms with E-state index in [1.165, 1.54) is 0 Å². The van der Waals surface area contributed by atoms with Crippen molar-refractivity contribution in [2.75, 3.05) is 32.9 Å². The summed E-state index contributed by atoms with van der Waals surface area (Å²) in [5, 5.41) is 0. The minimum Gasteiger partial charge on any atom is -0.398 e. The number of amides is 1. The van der Waals surface area contributed by atoms with Gasteiger partial charge in [0, 0.05) is 23.4 Å².